The smallest absolute Gasteiger partial charge is 0.128 e. The van der Waals surface area contributed by atoms with E-state index in [0.29, 0.717) is 6.61 Å². The van der Waals surface area contributed by atoms with Crippen molar-refractivity contribution in [3.05, 3.63) is 51.6 Å². The number of phenols is 1. The number of hydrogen-bond acceptors (Lipinski definition) is 3. The molecular formula is C15H14INO2. The maximum absolute atomic E-state index is 9.46. The SMILES string of the molecule is CCOc1cccc(N=Cc2ccc(O)c(I)c2)c1. The lowest BCUT2D eigenvalue weighted by molar-refractivity contribution is 0.340. The number of aromatic hydroxyl groups is 1. The molecule has 2 aromatic rings. The van der Waals surface area contributed by atoms with Crippen LogP contribution in [0.1, 0.15) is 12.5 Å². The first-order valence-corrected chi connectivity index (χ1v) is 7.02. The summed E-state index contributed by atoms with van der Waals surface area (Å²) in [5.74, 6) is 1.11. The minimum atomic E-state index is 0.288. The molecule has 0 saturated carbocycles. The predicted molar refractivity (Wildman–Crippen MR) is 85.7 cm³/mol. The van der Waals surface area contributed by atoms with Gasteiger partial charge < -0.3 is 9.84 Å². The number of ether oxygens (including phenoxy) is 1. The van der Waals surface area contributed by atoms with E-state index in [4.69, 9.17) is 4.74 Å². The van der Waals surface area contributed by atoms with Crippen molar-refractivity contribution < 1.29 is 9.84 Å². The van der Waals surface area contributed by atoms with Crippen molar-refractivity contribution in [2.45, 2.75) is 6.92 Å². The zero-order valence-corrected chi connectivity index (χ0v) is 12.7. The van der Waals surface area contributed by atoms with Crippen LogP contribution in [0.5, 0.6) is 11.5 Å². The van der Waals surface area contributed by atoms with E-state index in [9.17, 15) is 5.11 Å². The van der Waals surface area contributed by atoms with Gasteiger partial charge in [0.1, 0.15) is 11.5 Å². The first-order valence-electron chi connectivity index (χ1n) is 5.94. The Bertz CT molecular complexity index is 596. The van der Waals surface area contributed by atoms with Gasteiger partial charge in [-0.2, -0.15) is 0 Å². The van der Waals surface area contributed by atoms with E-state index in [1.54, 1.807) is 12.3 Å². The van der Waals surface area contributed by atoms with E-state index in [0.717, 1.165) is 20.6 Å². The lowest BCUT2D eigenvalue weighted by Gasteiger charge is -2.03. The molecule has 0 heterocycles. The molecule has 0 atom stereocenters. The highest BCUT2D eigenvalue weighted by molar-refractivity contribution is 14.1. The Kier molecular flexibility index (Phi) is 4.79. The Hall–Kier alpha value is -1.56. The van der Waals surface area contributed by atoms with E-state index in [2.05, 4.69) is 27.6 Å². The third kappa shape index (κ3) is 3.96. The Labute approximate surface area is 126 Å². The van der Waals surface area contributed by atoms with Gasteiger partial charge in [-0.3, -0.25) is 4.99 Å². The Morgan fingerprint density at radius 3 is 2.84 bits per heavy atom. The van der Waals surface area contributed by atoms with Crippen molar-refractivity contribution in [3.63, 3.8) is 0 Å². The van der Waals surface area contributed by atoms with Crippen LogP contribution in [0.15, 0.2) is 47.5 Å². The fraction of sp³-hybridized carbons (Fsp3) is 0.133. The van der Waals surface area contributed by atoms with Crippen LogP contribution in [0.4, 0.5) is 5.69 Å². The van der Waals surface area contributed by atoms with Gasteiger partial charge in [0.25, 0.3) is 0 Å². The quantitative estimate of drug-likeness (QED) is 0.652. The minimum absolute atomic E-state index is 0.288. The Morgan fingerprint density at radius 1 is 1.26 bits per heavy atom. The lowest BCUT2D eigenvalue weighted by atomic mass is 10.2. The first kappa shape index (κ1) is 13.9. The number of nitrogens with zero attached hydrogens (tertiary/aromatic N) is 1. The van der Waals surface area contributed by atoms with Crippen LogP contribution in [0, 0.1) is 3.57 Å². The summed E-state index contributed by atoms with van der Waals surface area (Å²) in [6.07, 6.45) is 1.77. The van der Waals surface area contributed by atoms with Gasteiger partial charge in [0, 0.05) is 12.3 Å². The molecule has 4 heteroatoms. The van der Waals surface area contributed by atoms with Gasteiger partial charge in [-0.1, -0.05) is 6.07 Å². The number of aliphatic imine (C=N–C) groups is 1. The van der Waals surface area contributed by atoms with Gasteiger partial charge in [-0.15, -0.1) is 0 Å². The van der Waals surface area contributed by atoms with Crippen molar-refractivity contribution in [2.24, 2.45) is 4.99 Å². The number of rotatable bonds is 4. The van der Waals surface area contributed by atoms with E-state index in [1.165, 1.54) is 0 Å². The molecule has 2 rings (SSSR count). The van der Waals surface area contributed by atoms with Gasteiger partial charge in [0.2, 0.25) is 0 Å². The van der Waals surface area contributed by atoms with E-state index < -0.39 is 0 Å². The summed E-state index contributed by atoms with van der Waals surface area (Å²) in [6, 6.07) is 13.0. The lowest BCUT2D eigenvalue weighted by Crippen LogP contribution is -1.90. The highest BCUT2D eigenvalue weighted by Crippen LogP contribution is 2.22. The summed E-state index contributed by atoms with van der Waals surface area (Å²) in [5, 5.41) is 9.46. The van der Waals surface area contributed by atoms with Crippen LogP contribution in [-0.4, -0.2) is 17.9 Å². The monoisotopic (exact) mass is 367 g/mol. The van der Waals surface area contributed by atoms with Crippen LogP contribution in [0.3, 0.4) is 0 Å². The normalized spacial score (nSPS) is 10.8. The molecule has 1 N–H and O–H groups in total. The molecule has 0 fully saturated rings. The number of halogens is 1. The third-order valence-corrected chi connectivity index (χ3v) is 3.33. The maximum atomic E-state index is 9.46. The average Bonchev–Trinajstić information content (AvgIpc) is 2.41. The highest BCUT2D eigenvalue weighted by atomic mass is 127. The van der Waals surface area contributed by atoms with Crippen molar-refractivity contribution in [2.75, 3.05) is 6.61 Å². The first-order chi connectivity index (χ1) is 9.19. The summed E-state index contributed by atoms with van der Waals surface area (Å²) < 4.78 is 6.24. The van der Waals surface area contributed by atoms with Gasteiger partial charge in [-0.25, -0.2) is 0 Å². The molecule has 0 bridgehead atoms. The number of phenolic OH excluding ortho intramolecular Hbond substituents is 1. The van der Waals surface area contributed by atoms with Gasteiger partial charge >= 0.3 is 0 Å². The standard InChI is InChI=1S/C15H14INO2/c1-2-19-13-5-3-4-12(9-13)17-10-11-6-7-15(18)14(16)8-11/h3-10,18H,2H2,1H3. The van der Waals surface area contributed by atoms with E-state index >= 15 is 0 Å². The molecular weight excluding hydrogens is 353 g/mol. The zero-order chi connectivity index (χ0) is 13.7. The molecule has 0 aliphatic carbocycles. The summed E-state index contributed by atoms with van der Waals surface area (Å²) in [4.78, 5) is 4.40. The molecule has 0 saturated heterocycles. The summed E-state index contributed by atoms with van der Waals surface area (Å²) >= 11 is 2.09. The molecule has 0 aliphatic rings. The fourth-order valence-electron chi connectivity index (χ4n) is 1.57. The second kappa shape index (κ2) is 6.56. The molecule has 19 heavy (non-hydrogen) atoms. The molecule has 98 valence electrons. The molecule has 2 aromatic carbocycles. The molecule has 0 amide bonds. The molecule has 3 nitrogen and oxygen atoms in total. The molecule has 0 aromatic heterocycles. The molecule has 0 unspecified atom stereocenters. The predicted octanol–water partition coefficient (Wildman–Crippen LogP) is 4.15. The van der Waals surface area contributed by atoms with Crippen LogP contribution in [-0.2, 0) is 0 Å². The van der Waals surface area contributed by atoms with Crippen molar-refractivity contribution in [1.29, 1.82) is 0 Å². The molecule has 0 aliphatic heterocycles. The summed E-state index contributed by atoms with van der Waals surface area (Å²) in [6.45, 7) is 2.59. The number of hydrogen-bond donors (Lipinski definition) is 1. The van der Waals surface area contributed by atoms with Crippen LogP contribution in [0.2, 0.25) is 0 Å². The van der Waals surface area contributed by atoms with Gasteiger partial charge in [-0.05, 0) is 65.4 Å². The Morgan fingerprint density at radius 2 is 2.11 bits per heavy atom. The largest absolute Gasteiger partial charge is 0.507 e. The van der Waals surface area contributed by atoms with Crippen molar-refractivity contribution in [3.8, 4) is 11.5 Å². The maximum Gasteiger partial charge on any atom is 0.128 e. The topological polar surface area (TPSA) is 41.8 Å². The highest BCUT2D eigenvalue weighted by Gasteiger charge is 1.98. The third-order valence-electron chi connectivity index (χ3n) is 2.46. The second-order valence-electron chi connectivity index (χ2n) is 3.90. The fourth-order valence-corrected chi connectivity index (χ4v) is 2.11. The van der Waals surface area contributed by atoms with E-state index in [-0.39, 0.29) is 5.75 Å². The van der Waals surface area contributed by atoms with Crippen LogP contribution < -0.4 is 4.74 Å². The van der Waals surface area contributed by atoms with Crippen molar-refractivity contribution in [1.82, 2.24) is 0 Å². The van der Waals surface area contributed by atoms with Gasteiger partial charge in [0.15, 0.2) is 0 Å². The van der Waals surface area contributed by atoms with Crippen LogP contribution in [0.25, 0.3) is 0 Å². The van der Waals surface area contributed by atoms with E-state index in [1.807, 2.05) is 43.3 Å². The summed E-state index contributed by atoms with van der Waals surface area (Å²) in [7, 11) is 0. The molecule has 0 radical (unpaired) electrons. The Balaban J connectivity index is 2.17. The number of benzene rings is 2. The average molecular weight is 367 g/mol. The van der Waals surface area contributed by atoms with Crippen molar-refractivity contribution >= 4 is 34.5 Å². The summed E-state index contributed by atoms with van der Waals surface area (Å²) in [5.41, 5.74) is 1.79. The molecule has 0 spiro atoms. The van der Waals surface area contributed by atoms with Gasteiger partial charge in [0.05, 0.1) is 15.9 Å². The minimum Gasteiger partial charge on any atom is -0.507 e. The zero-order valence-electron chi connectivity index (χ0n) is 10.5. The second-order valence-corrected chi connectivity index (χ2v) is 5.06. The van der Waals surface area contributed by atoms with Crippen LogP contribution >= 0.6 is 22.6 Å².